The van der Waals surface area contributed by atoms with E-state index in [4.69, 9.17) is 10.5 Å². The molecule has 1 aliphatic rings. The largest absolute Gasteiger partial charge is 0.403 e. The van der Waals surface area contributed by atoms with Gasteiger partial charge in [-0.25, -0.2) is 4.39 Å². The molecule has 0 aliphatic heterocycles. The molecule has 2 aromatic rings. The Morgan fingerprint density at radius 3 is 2.80 bits per heavy atom. The van der Waals surface area contributed by atoms with E-state index in [-0.39, 0.29) is 18.4 Å². The van der Waals surface area contributed by atoms with E-state index in [0.29, 0.717) is 22.6 Å². The molecule has 5 N–H and O–H groups in total. The molecule has 1 aromatic heterocycles. The number of amides is 2. The van der Waals surface area contributed by atoms with Crippen LogP contribution in [0.4, 0.5) is 15.8 Å². The molecule has 1 heterocycles. The summed E-state index contributed by atoms with van der Waals surface area (Å²) in [6.45, 7) is 1.77. The van der Waals surface area contributed by atoms with Crippen molar-refractivity contribution in [2.45, 2.75) is 44.8 Å². The van der Waals surface area contributed by atoms with Crippen LogP contribution in [0.2, 0.25) is 0 Å². The van der Waals surface area contributed by atoms with Crippen LogP contribution < -0.4 is 21.7 Å². The average molecular weight is 483 g/mol. The van der Waals surface area contributed by atoms with E-state index in [2.05, 4.69) is 25.9 Å². The van der Waals surface area contributed by atoms with Crippen LogP contribution >= 0.6 is 0 Å². The van der Waals surface area contributed by atoms with Gasteiger partial charge >= 0.3 is 0 Å². The maximum Gasteiger partial charge on any atom is 0.252 e. The second-order valence-corrected chi connectivity index (χ2v) is 8.28. The first kappa shape index (κ1) is 25.8. The second kappa shape index (κ2) is 12.6. The molecule has 0 spiro atoms. The van der Waals surface area contributed by atoms with Gasteiger partial charge in [0.15, 0.2) is 5.82 Å². The van der Waals surface area contributed by atoms with Crippen molar-refractivity contribution in [2.24, 2.45) is 10.7 Å². The zero-order chi connectivity index (χ0) is 25.2. The minimum Gasteiger partial charge on any atom is -0.403 e. The van der Waals surface area contributed by atoms with Gasteiger partial charge in [-0.15, -0.1) is 0 Å². The Balaban J connectivity index is 1.73. The lowest BCUT2D eigenvalue weighted by Crippen LogP contribution is -2.49. The molecular weight excluding hydrogens is 451 g/mol. The molecule has 1 saturated carbocycles. The minimum absolute atomic E-state index is 0.0167. The normalized spacial score (nSPS) is 15.2. The number of pyridine rings is 1. The first-order chi connectivity index (χ1) is 16.9. The van der Waals surface area contributed by atoms with Gasteiger partial charge in [-0.3, -0.25) is 19.6 Å². The number of benzene rings is 1. The molecule has 1 aromatic carbocycles. The van der Waals surface area contributed by atoms with Crippen LogP contribution in [-0.4, -0.2) is 48.8 Å². The number of aryl methyl sites for hydroxylation is 1. The van der Waals surface area contributed by atoms with Crippen LogP contribution in [0.3, 0.4) is 0 Å². The van der Waals surface area contributed by atoms with E-state index in [1.807, 2.05) is 0 Å². The lowest BCUT2D eigenvalue weighted by Gasteiger charge is -2.21. The molecule has 1 unspecified atom stereocenters. The number of nitrogens with two attached hydrogens (primary N) is 1. The molecule has 1 fully saturated rings. The molecule has 0 saturated heterocycles. The highest BCUT2D eigenvalue weighted by molar-refractivity contribution is 5.99. The molecule has 1 atom stereocenters. The molecule has 9 nitrogen and oxygen atoms in total. The average Bonchev–Trinajstić information content (AvgIpc) is 3.37. The summed E-state index contributed by atoms with van der Waals surface area (Å²) in [4.78, 5) is 33.7. The summed E-state index contributed by atoms with van der Waals surface area (Å²) in [6, 6.07) is 7.18. The molecule has 0 bridgehead atoms. The number of aromatic nitrogens is 1. The number of aliphatic imine (C=N–C) groups is 1. The zero-order valence-corrected chi connectivity index (χ0v) is 19.9. The van der Waals surface area contributed by atoms with E-state index in [0.717, 1.165) is 31.9 Å². The summed E-state index contributed by atoms with van der Waals surface area (Å²) < 4.78 is 20.0. The number of nitrogens with zero attached hydrogens (tertiary/aromatic N) is 2. The van der Waals surface area contributed by atoms with Crippen LogP contribution in [0, 0.1) is 12.7 Å². The molecular formula is C25H31FN6O3. The summed E-state index contributed by atoms with van der Waals surface area (Å²) >= 11 is 0. The third-order valence-electron chi connectivity index (χ3n) is 5.53. The minimum atomic E-state index is -0.958. The van der Waals surface area contributed by atoms with Gasteiger partial charge < -0.3 is 26.4 Å². The number of nitrogens with one attached hydrogen (secondary N) is 3. The summed E-state index contributed by atoms with van der Waals surface area (Å²) in [5.41, 5.74) is 7.56. The Labute approximate surface area is 204 Å². The molecule has 186 valence electrons. The van der Waals surface area contributed by atoms with E-state index < -0.39 is 23.7 Å². The van der Waals surface area contributed by atoms with E-state index in [1.54, 1.807) is 44.3 Å². The van der Waals surface area contributed by atoms with Crippen LogP contribution in [-0.2, 0) is 9.53 Å². The quantitative estimate of drug-likeness (QED) is 0.385. The number of carbonyl (C=O) groups is 2. The second-order valence-electron chi connectivity index (χ2n) is 8.28. The number of halogens is 1. The standard InChI is InChI=1S/C25H31FN6O3/c1-16-10-22(21(26)14-29-16)30-18-7-5-6-17(11-18)24(33)32-23(15-35-20-8-3-4-9-20)25(34)31-19(12-27)13-28-2/h5-7,10-14,20,23H,3-4,8-9,15,27H2,1-2H3,(H,29,30)(H,31,34)(H,32,33)/b19-12+,28-13?. The molecule has 10 heteroatoms. The van der Waals surface area contributed by atoms with Crippen molar-refractivity contribution in [2.75, 3.05) is 19.0 Å². The number of hydrogen-bond donors (Lipinski definition) is 4. The fraction of sp³-hybridized carbons (Fsp3) is 0.360. The van der Waals surface area contributed by atoms with Gasteiger partial charge in [0, 0.05) is 36.4 Å². The summed E-state index contributed by atoms with van der Waals surface area (Å²) in [7, 11) is 1.55. The lowest BCUT2D eigenvalue weighted by atomic mass is 10.1. The van der Waals surface area contributed by atoms with Crippen molar-refractivity contribution in [3.05, 3.63) is 65.5 Å². The van der Waals surface area contributed by atoms with Crippen LogP contribution in [0.25, 0.3) is 0 Å². The van der Waals surface area contributed by atoms with Crippen LogP contribution in [0.1, 0.15) is 41.7 Å². The van der Waals surface area contributed by atoms with Crippen molar-refractivity contribution < 1.29 is 18.7 Å². The van der Waals surface area contributed by atoms with E-state index in [1.165, 1.54) is 12.4 Å². The highest BCUT2D eigenvalue weighted by atomic mass is 19.1. The van der Waals surface area contributed by atoms with Crippen molar-refractivity contribution in [1.29, 1.82) is 0 Å². The van der Waals surface area contributed by atoms with Crippen molar-refractivity contribution in [3.8, 4) is 0 Å². The van der Waals surface area contributed by atoms with Gasteiger partial charge in [-0.2, -0.15) is 0 Å². The fourth-order valence-corrected chi connectivity index (χ4v) is 3.73. The first-order valence-corrected chi connectivity index (χ1v) is 11.5. The Morgan fingerprint density at radius 2 is 2.09 bits per heavy atom. The third kappa shape index (κ3) is 7.61. The molecule has 1 aliphatic carbocycles. The first-order valence-electron chi connectivity index (χ1n) is 11.5. The fourth-order valence-electron chi connectivity index (χ4n) is 3.73. The SMILES string of the molecule is CN=C/C(=C\N)NC(=O)C(COC1CCCC1)NC(=O)c1cccc(Nc2cc(C)ncc2F)c1. The summed E-state index contributed by atoms with van der Waals surface area (Å²) in [6.07, 6.45) is 7.84. The van der Waals surface area contributed by atoms with Gasteiger partial charge in [-0.1, -0.05) is 18.9 Å². The van der Waals surface area contributed by atoms with Crippen molar-refractivity contribution >= 4 is 29.4 Å². The lowest BCUT2D eigenvalue weighted by molar-refractivity contribution is -0.124. The van der Waals surface area contributed by atoms with Gasteiger partial charge in [0.05, 0.1) is 30.3 Å². The Kier molecular flexibility index (Phi) is 9.31. The third-order valence-corrected chi connectivity index (χ3v) is 5.53. The predicted octanol–water partition coefficient (Wildman–Crippen LogP) is 2.95. The Morgan fingerprint density at radius 1 is 1.31 bits per heavy atom. The number of ether oxygens (including phenoxy) is 1. The highest BCUT2D eigenvalue weighted by Crippen LogP contribution is 2.22. The number of carbonyl (C=O) groups excluding carboxylic acids is 2. The molecule has 2 amide bonds. The number of anilines is 2. The van der Waals surface area contributed by atoms with Gasteiger partial charge in [-0.05, 0) is 44.0 Å². The number of rotatable bonds is 10. The molecule has 3 rings (SSSR count). The highest BCUT2D eigenvalue weighted by Gasteiger charge is 2.25. The monoisotopic (exact) mass is 482 g/mol. The predicted molar refractivity (Wildman–Crippen MR) is 133 cm³/mol. The topological polar surface area (TPSA) is 131 Å². The van der Waals surface area contributed by atoms with Gasteiger partial charge in [0.2, 0.25) is 5.91 Å². The smallest absolute Gasteiger partial charge is 0.252 e. The number of allylic oxidation sites excluding steroid dienone is 1. The molecule has 0 radical (unpaired) electrons. The van der Waals surface area contributed by atoms with Crippen LogP contribution in [0.5, 0.6) is 0 Å². The van der Waals surface area contributed by atoms with Gasteiger partial charge in [0.1, 0.15) is 6.04 Å². The maximum absolute atomic E-state index is 14.1. The van der Waals surface area contributed by atoms with Crippen LogP contribution in [0.15, 0.2) is 53.4 Å². The van der Waals surface area contributed by atoms with E-state index in [9.17, 15) is 14.0 Å². The number of hydrogen-bond acceptors (Lipinski definition) is 7. The van der Waals surface area contributed by atoms with Crippen molar-refractivity contribution in [1.82, 2.24) is 15.6 Å². The van der Waals surface area contributed by atoms with E-state index >= 15 is 0 Å². The Hall–Kier alpha value is -3.79. The maximum atomic E-state index is 14.1. The Bertz CT molecular complexity index is 1100. The molecule has 35 heavy (non-hydrogen) atoms. The van der Waals surface area contributed by atoms with Gasteiger partial charge in [0.25, 0.3) is 5.91 Å². The summed E-state index contributed by atoms with van der Waals surface area (Å²) in [5, 5.41) is 8.35. The van der Waals surface area contributed by atoms with Crippen molar-refractivity contribution in [3.63, 3.8) is 0 Å². The summed E-state index contributed by atoms with van der Waals surface area (Å²) in [5.74, 6) is -1.46. The zero-order valence-electron chi connectivity index (χ0n) is 19.9.